The molecule has 2 heterocycles. The fourth-order valence-electron chi connectivity index (χ4n) is 3.51. The third kappa shape index (κ3) is 2.66. The van der Waals surface area contributed by atoms with Gasteiger partial charge in [-0.3, -0.25) is 4.79 Å². The summed E-state index contributed by atoms with van der Waals surface area (Å²) in [4.78, 5) is 14.6. The molecule has 19 heavy (non-hydrogen) atoms. The van der Waals surface area contributed by atoms with Crippen molar-refractivity contribution in [3.8, 4) is 0 Å². The standard InChI is InChI=1S/C16H22N2O/c19-15(14-5-2-1-3-6-14)18-12-4-7-16(13-18)8-10-17-11-9-16/h1-3,5-6,17H,4,7-13H2. The Hall–Kier alpha value is -1.35. The van der Waals surface area contributed by atoms with Gasteiger partial charge in [-0.15, -0.1) is 0 Å². The SMILES string of the molecule is O=C(c1ccccc1)N1CCCC2(CCNCC2)C1. The van der Waals surface area contributed by atoms with Crippen LogP contribution in [0.2, 0.25) is 0 Å². The van der Waals surface area contributed by atoms with Crippen molar-refractivity contribution in [2.75, 3.05) is 26.2 Å². The van der Waals surface area contributed by atoms with Crippen LogP contribution in [0.25, 0.3) is 0 Å². The Balaban J connectivity index is 1.73. The van der Waals surface area contributed by atoms with E-state index in [0.717, 1.165) is 38.2 Å². The molecule has 3 heteroatoms. The molecule has 1 aromatic rings. The fourth-order valence-corrected chi connectivity index (χ4v) is 3.51. The van der Waals surface area contributed by atoms with E-state index in [1.807, 2.05) is 30.3 Å². The van der Waals surface area contributed by atoms with Crippen LogP contribution >= 0.6 is 0 Å². The van der Waals surface area contributed by atoms with Crippen LogP contribution in [0.15, 0.2) is 30.3 Å². The average molecular weight is 258 g/mol. The second-order valence-corrected chi connectivity index (χ2v) is 5.95. The molecule has 102 valence electrons. The maximum Gasteiger partial charge on any atom is 0.253 e. The molecule has 0 unspecified atom stereocenters. The van der Waals surface area contributed by atoms with Crippen LogP contribution in [0.5, 0.6) is 0 Å². The molecule has 2 aliphatic rings. The van der Waals surface area contributed by atoms with Gasteiger partial charge in [0.2, 0.25) is 0 Å². The summed E-state index contributed by atoms with van der Waals surface area (Å²) in [6, 6.07) is 9.69. The number of nitrogens with zero attached hydrogens (tertiary/aromatic N) is 1. The molecule has 0 atom stereocenters. The molecule has 1 aromatic carbocycles. The zero-order valence-electron chi connectivity index (χ0n) is 11.4. The number of piperidine rings is 2. The summed E-state index contributed by atoms with van der Waals surface area (Å²) < 4.78 is 0. The van der Waals surface area contributed by atoms with Crippen LogP contribution in [-0.4, -0.2) is 37.0 Å². The summed E-state index contributed by atoms with van der Waals surface area (Å²) in [5, 5.41) is 3.43. The largest absolute Gasteiger partial charge is 0.338 e. The highest BCUT2D eigenvalue weighted by molar-refractivity contribution is 5.94. The number of rotatable bonds is 1. The van der Waals surface area contributed by atoms with Gasteiger partial charge in [-0.05, 0) is 56.3 Å². The van der Waals surface area contributed by atoms with Crippen LogP contribution < -0.4 is 5.32 Å². The van der Waals surface area contributed by atoms with Gasteiger partial charge >= 0.3 is 0 Å². The molecule has 2 fully saturated rings. The number of carbonyl (C=O) groups excluding carboxylic acids is 1. The van der Waals surface area contributed by atoms with Crippen molar-refractivity contribution >= 4 is 5.91 Å². The molecule has 0 bridgehead atoms. The van der Waals surface area contributed by atoms with Crippen molar-refractivity contribution in [1.29, 1.82) is 0 Å². The van der Waals surface area contributed by atoms with Gasteiger partial charge < -0.3 is 10.2 Å². The summed E-state index contributed by atoms with van der Waals surface area (Å²) in [6.45, 7) is 4.08. The van der Waals surface area contributed by atoms with Gasteiger partial charge in [-0.25, -0.2) is 0 Å². The average Bonchev–Trinajstić information content (AvgIpc) is 2.48. The zero-order chi connectivity index (χ0) is 13.1. The van der Waals surface area contributed by atoms with E-state index in [-0.39, 0.29) is 5.91 Å². The van der Waals surface area contributed by atoms with Gasteiger partial charge in [-0.1, -0.05) is 18.2 Å². The molecule has 0 aromatic heterocycles. The predicted octanol–water partition coefficient (Wildman–Crippen LogP) is 2.29. The third-order valence-electron chi connectivity index (χ3n) is 4.63. The maximum absolute atomic E-state index is 12.5. The highest BCUT2D eigenvalue weighted by atomic mass is 16.2. The number of likely N-dealkylation sites (tertiary alicyclic amines) is 1. The second-order valence-electron chi connectivity index (χ2n) is 5.95. The van der Waals surface area contributed by atoms with Crippen molar-refractivity contribution in [2.45, 2.75) is 25.7 Å². The van der Waals surface area contributed by atoms with Gasteiger partial charge in [0, 0.05) is 18.7 Å². The normalized spacial score (nSPS) is 22.4. The number of amides is 1. The minimum atomic E-state index is 0.207. The molecule has 0 radical (unpaired) electrons. The Bertz CT molecular complexity index is 432. The number of benzene rings is 1. The highest BCUT2D eigenvalue weighted by Gasteiger charge is 2.37. The molecule has 2 aliphatic heterocycles. The van der Waals surface area contributed by atoms with E-state index in [9.17, 15) is 4.79 Å². The topological polar surface area (TPSA) is 32.3 Å². The summed E-state index contributed by atoms with van der Waals surface area (Å²) in [6.07, 6.45) is 4.86. The Labute approximate surface area is 115 Å². The number of nitrogens with one attached hydrogen (secondary N) is 1. The number of carbonyl (C=O) groups is 1. The van der Waals surface area contributed by atoms with Crippen LogP contribution in [0.4, 0.5) is 0 Å². The highest BCUT2D eigenvalue weighted by Crippen LogP contribution is 2.38. The molecule has 0 aliphatic carbocycles. The maximum atomic E-state index is 12.5. The quantitative estimate of drug-likeness (QED) is 0.838. The third-order valence-corrected chi connectivity index (χ3v) is 4.63. The Morgan fingerprint density at radius 2 is 1.84 bits per heavy atom. The molecular formula is C16H22N2O. The predicted molar refractivity (Wildman–Crippen MR) is 76.1 cm³/mol. The Kier molecular flexibility index (Phi) is 3.56. The molecule has 3 rings (SSSR count). The van der Waals surface area contributed by atoms with Gasteiger partial charge in [0.15, 0.2) is 0 Å². The van der Waals surface area contributed by atoms with Crippen molar-refractivity contribution in [3.05, 3.63) is 35.9 Å². The van der Waals surface area contributed by atoms with Gasteiger partial charge in [0.05, 0.1) is 0 Å². The lowest BCUT2D eigenvalue weighted by molar-refractivity contribution is 0.0411. The van der Waals surface area contributed by atoms with E-state index in [1.165, 1.54) is 19.3 Å². The summed E-state index contributed by atoms with van der Waals surface area (Å²) >= 11 is 0. The van der Waals surface area contributed by atoms with Crippen molar-refractivity contribution < 1.29 is 4.79 Å². The molecule has 0 saturated carbocycles. The van der Waals surface area contributed by atoms with E-state index in [0.29, 0.717) is 5.41 Å². The summed E-state index contributed by atoms with van der Waals surface area (Å²) in [5.74, 6) is 0.207. The van der Waals surface area contributed by atoms with E-state index < -0.39 is 0 Å². The van der Waals surface area contributed by atoms with E-state index >= 15 is 0 Å². The van der Waals surface area contributed by atoms with Gasteiger partial charge in [-0.2, -0.15) is 0 Å². The lowest BCUT2D eigenvalue weighted by Gasteiger charge is -2.45. The minimum absolute atomic E-state index is 0.207. The molecular weight excluding hydrogens is 236 g/mol. The van der Waals surface area contributed by atoms with E-state index in [2.05, 4.69) is 10.2 Å². The van der Waals surface area contributed by atoms with Gasteiger partial charge in [0.1, 0.15) is 0 Å². The van der Waals surface area contributed by atoms with Crippen molar-refractivity contribution in [2.24, 2.45) is 5.41 Å². The van der Waals surface area contributed by atoms with E-state index in [4.69, 9.17) is 0 Å². The molecule has 1 spiro atoms. The first-order valence-corrected chi connectivity index (χ1v) is 7.34. The smallest absolute Gasteiger partial charge is 0.253 e. The Morgan fingerprint density at radius 3 is 2.58 bits per heavy atom. The van der Waals surface area contributed by atoms with Crippen LogP contribution in [0.1, 0.15) is 36.0 Å². The lowest BCUT2D eigenvalue weighted by atomic mass is 9.73. The van der Waals surface area contributed by atoms with Crippen molar-refractivity contribution in [3.63, 3.8) is 0 Å². The second kappa shape index (κ2) is 5.33. The molecule has 1 N–H and O–H groups in total. The zero-order valence-corrected chi connectivity index (χ0v) is 11.4. The van der Waals surface area contributed by atoms with Crippen molar-refractivity contribution in [1.82, 2.24) is 10.2 Å². The monoisotopic (exact) mass is 258 g/mol. The molecule has 2 saturated heterocycles. The number of hydrogen-bond donors (Lipinski definition) is 1. The fraction of sp³-hybridized carbons (Fsp3) is 0.562. The Morgan fingerprint density at radius 1 is 1.11 bits per heavy atom. The first-order chi connectivity index (χ1) is 9.29. The van der Waals surface area contributed by atoms with E-state index in [1.54, 1.807) is 0 Å². The first kappa shape index (κ1) is 12.7. The lowest BCUT2D eigenvalue weighted by Crippen LogP contribution is -2.50. The van der Waals surface area contributed by atoms with Gasteiger partial charge in [0.25, 0.3) is 5.91 Å². The summed E-state index contributed by atoms with van der Waals surface area (Å²) in [5.41, 5.74) is 1.21. The molecule has 1 amide bonds. The minimum Gasteiger partial charge on any atom is -0.338 e. The summed E-state index contributed by atoms with van der Waals surface area (Å²) in [7, 11) is 0. The first-order valence-electron chi connectivity index (χ1n) is 7.34. The van der Waals surface area contributed by atoms with Crippen LogP contribution in [0, 0.1) is 5.41 Å². The molecule has 3 nitrogen and oxygen atoms in total. The number of hydrogen-bond acceptors (Lipinski definition) is 2. The van der Waals surface area contributed by atoms with Crippen LogP contribution in [-0.2, 0) is 0 Å². The van der Waals surface area contributed by atoms with Crippen LogP contribution in [0.3, 0.4) is 0 Å².